The highest BCUT2D eigenvalue weighted by atomic mass is 79.9. The van der Waals surface area contributed by atoms with Gasteiger partial charge in [-0.1, -0.05) is 58.4 Å². The number of hydrogen-bond acceptors (Lipinski definition) is 4. The number of aromatic carboxylic acids is 1. The van der Waals surface area contributed by atoms with Gasteiger partial charge in [-0.3, -0.25) is 19.3 Å². The lowest BCUT2D eigenvalue weighted by molar-refractivity contribution is -0.135. The summed E-state index contributed by atoms with van der Waals surface area (Å²) in [6.07, 6.45) is 0. The molecule has 2 unspecified atom stereocenters. The van der Waals surface area contributed by atoms with Gasteiger partial charge in [-0.05, 0) is 42.0 Å². The van der Waals surface area contributed by atoms with Crippen molar-refractivity contribution in [3.8, 4) is 0 Å². The van der Waals surface area contributed by atoms with Gasteiger partial charge in [0.25, 0.3) is 5.91 Å². The Morgan fingerprint density at radius 1 is 0.806 bits per heavy atom. The number of carbonyl (C=O) groups is 4. The largest absolute Gasteiger partial charge is 0.478 e. The highest BCUT2D eigenvalue weighted by molar-refractivity contribution is 9.10. The van der Waals surface area contributed by atoms with Crippen LogP contribution in [0.3, 0.4) is 0 Å². The summed E-state index contributed by atoms with van der Waals surface area (Å²) in [4.78, 5) is 51.8. The van der Waals surface area contributed by atoms with E-state index in [1.807, 2.05) is 0 Å². The van der Waals surface area contributed by atoms with Gasteiger partial charge in [0.05, 0.1) is 11.6 Å². The van der Waals surface area contributed by atoms with E-state index in [-0.39, 0.29) is 5.56 Å². The van der Waals surface area contributed by atoms with Crippen LogP contribution in [0.5, 0.6) is 0 Å². The minimum atomic E-state index is -1.21. The number of ketones is 2. The first kappa shape index (κ1) is 20.7. The molecule has 1 aliphatic heterocycles. The minimum absolute atomic E-state index is 0.0545. The van der Waals surface area contributed by atoms with E-state index in [4.69, 9.17) is 5.11 Å². The summed E-state index contributed by atoms with van der Waals surface area (Å²) < 4.78 is 0.815. The topological polar surface area (TPSA) is 91.8 Å². The summed E-state index contributed by atoms with van der Waals surface area (Å²) in [5.41, 5.74) is 1.37. The van der Waals surface area contributed by atoms with E-state index in [0.29, 0.717) is 16.8 Å². The van der Waals surface area contributed by atoms with Crippen LogP contribution in [0.4, 0.5) is 5.69 Å². The molecule has 1 aliphatic rings. The number of carbonyl (C=O) groups excluding carboxylic acids is 3. The SMILES string of the molecule is O=C(O)c1ccc(N2C(=O)C(=O)C(C(=O)c3ccccc3)C2c2ccc(Br)cc2)cc1. The molecule has 1 heterocycles. The zero-order valence-corrected chi connectivity index (χ0v) is 17.7. The molecule has 2 atom stereocenters. The number of rotatable bonds is 5. The lowest BCUT2D eigenvalue weighted by Crippen LogP contribution is -2.30. The van der Waals surface area contributed by atoms with Crippen molar-refractivity contribution in [2.45, 2.75) is 6.04 Å². The maximum atomic E-state index is 13.3. The summed E-state index contributed by atoms with van der Waals surface area (Å²) in [6, 6.07) is 20.3. The zero-order valence-electron chi connectivity index (χ0n) is 16.1. The van der Waals surface area contributed by atoms with Crippen LogP contribution in [-0.4, -0.2) is 28.5 Å². The van der Waals surface area contributed by atoms with Crippen LogP contribution in [-0.2, 0) is 9.59 Å². The van der Waals surface area contributed by atoms with E-state index in [1.54, 1.807) is 54.6 Å². The fourth-order valence-electron chi connectivity index (χ4n) is 3.76. The number of amides is 1. The van der Waals surface area contributed by atoms with Gasteiger partial charge < -0.3 is 5.11 Å². The molecule has 0 radical (unpaired) electrons. The van der Waals surface area contributed by atoms with Crippen molar-refractivity contribution in [1.82, 2.24) is 0 Å². The molecule has 154 valence electrons. The third kappa shape index (κ3) is 3.80. The first-order valence-corrected chi connectivity index (χ1v) is 10.2. The lowest BCUT2D eigenvalue weighted by atomic mass is 9.86. The molecule has 6 nitrogen and oxygen atoms in total. The number of carboxylic acid groups (broad SMARTS) is 1. The van der Waals surface area contributed by atoms with Gasteiger partial charge >= 0.3 is 5.97 Å². The predicted octanol–water partition coefficient (Wildman–Crippen LogP) is 4.30. The Morgan fingerprint density at radius 3 is 2.00 bits per heavy atom. The highest BCUT2D eigenvalue weighted by Crippen LogP contribution is 2.41. The second-order valence-corrected chi connectivity index (χ2v) is 8.01. The fourth-order valence-corrected chi connectivity index (χ4v) is 4.02. The van der Waals surface area contributed by atoms with Crippen molar-refractivity contribution >= 4 is 45.1 Å². The minimum Gasteiger partial charge on any atom is -0.478 e. The molecule has 0 saturated carbocycles. The van der Waals surface area contributed by atoms with Gasteiger partial charge in [-0.25, -0.2) is 4.79 Å². The smallest absolute Gasteiger partial charge is 0.335 e. The molecule has 3 aromatic rings. The number of benzene rings is 3. The summed E-state index contributed by atoms with van der Waals surface area (Å²) in [5, 5.41) is 9.15. The number of Topliss-reactive ketones (excluding diaryl/α,β-unsaturated/α-hetero) is 2. The quantitative estimate of drug-likeness (QED) is 0.336. The second kappa shape index (κ2) is 8.28. The molecular formula is C24H16BrNO5. The molecule has 0 bridgehead atoms. The van der Waals surface area contributed by atoms with E-state index in [9.17, 15) is 19.2 Å². The third-order valence-corrected chi connectivity index (χ3v) is 5.78. The van der Waals surface area contributed by atoms with Crippen LogP contribution in [0.2, 0.25) is 0 Å². The Kier molecular flexibility index (Phi) is 5.52. The molecule has 31 heavy (non-hydrogen) atoms. The van der Waals surface area contributed by atoms with Crippen molar-refractivity contribution < 1.29 is 24.3 Å². The van der Waals surface area contributed by atoms with Crippen LogP contribution in [0.1, 0.15) is 32.3 Å². The van der Waals surface area contributed by atoms with Gasteiger partial charge in [0.2, 0.25) is 5.78 Å². The lowest BCUT2D eigenvalue weighted by Gasteiger charge is -2.27. The molecule has 0 spiro atoms. The Morgan fingerprint density at radius 2 is 1.42 bits per heavy atom. The first-order valence-electron chi connectivity index (χ1n) is 9.44. The number of anilines is 1. The summed E-state index contributed by atoms with van der Waals surface area (Å²) in [5.74, 6) is -4.34. The maximum absolute atomic E-state index is 13.3. The van der Waals surface area contributed by atoms with Gasteiger partial charge in [0.15, 0.2) is 5.78 Å². The molecular weight excluding hydrogens is 462 g/mol. The number of hydrogen-bond donors (Lipinski definition) is 1. The molecule has 4 rings (SSSR count). The van der Waals surface area contributed by atoms with Crippen molar-refractivity contribution in [2.24, 2.45) is 5.92 Å². The highest BCUT2D eigenvalue weighted by Gasteiger charge is 2.52. The molecule has 0 aliphatic carbocycles. The molecule has 3 aromatic carbocycles. The molecule has 1 fully saturated rings. The van der Waals surface area contributed by atoms with Gasteiger partial charge in [0.1, 0.15) is 5.92 Å². The van der Waals surface area contributed by atoms with Crippen LogP contribution in [0.15, 0.2) is 83.3 Å². The van der Waals surface area contributed by atoms with E-state index >= 15 is 0 Å². The average molecular weight is 478 g/mol. The Balaban J connectivity index is 1.84. The summed E-state index contributed by atoms with van der Waals surface area (Å²) in [7, 11) is 0. The zero-order chi connectivity index (χ0) is 22.1. The van der Waals surface area contributed by atoms with E-state index in [1.165, 1.54) is 29.2 Å². The summed E-state index contributed by atoms with van der Waals surface area (Å²) in [6.45, 7) is 0. The van der Waals surface area contributed by atoms with Crippen LogP contribution >= 0.6 is 15.9 Å². The molecule has 1 amide bonds. The van der Waals surface area contributed by atoms with Gasteiger partial charge in [-0.2, -0.15) is 0 Å². The normalized spacial score (nSPS) is 18.3. The second-order valence-electron chi connectivity index (χ2n) is 7.10. The van der Waals surface area contributed by atoms with Crippen LogP contribution < -0.4 is 4.90 Å². The Hall–Kier alpha value is -3.58. The van der Waals surface area contributed by atoms with Gasteiger partial charge in [0, 0.05) is 15.7 Å². The van der Waals surface area contributed by atoms with Crippen molar-refractivity contribution in [1.29, 1.82) is 0 Å². The van der Waals surface area contributed by atoms with Crippen LogP contribution in [0, 0.1) is 5.92 Å². The van der Waals surface area contributed by atoms with E-state index in [0.717, 1.165) is 4.47 Å². The van der Waals surface area contributed by atoms with Crippen LogP contribution in [0.25, 0.3) is 0 Å². The summed E-state index contributed by atoms with van der Waals surface area (Å²) >= 11 is 3.37. The van der Waals surface area contributed by atoms with E-state index in [2.05, 4.69) is 15.9 Å². The van der Waals surface area contributed by atoms with Crippen molar-refractivity contribution in [3.05, 3.63) is 100 Å². The molecule has 1 saturated heterocycles. The monoisotopic (exact) mass is 477 g/mol. The van der Waals surface area contributed by atoms with Crippen molar-refractivity contribution in [3.63, 3.8) is 0 Å². The maximum Gasteiger partial charge on any atom is 0.335 e. The number of halogens is 1. The average Bonchev–Trinajstić information content (AvgIpc) is 3.05. The standard InChI is InChI=1S/C24H16BrNO5/c25-17-10-6-14(7-11-17)20-19(21(27)15-4-2-1-3-5-15)22(28)23(29)26(20)18-12-8-16(9-13-18)24(30)31/h1-13,19-20H,(H,30,31). The Bertz CT molecular complexity index is 1170. The fraction of sp³-hybridized carbons (Fsp3) is 0.0833. The molecule has 1 N–H and O–H groups in total. The molecule has 0 aromatic heterocycles. The number of carboxylic acids is 1. The van der Waals surface area contributed by atoms with Gasteiger partial charge in [-0.15, -0.1) is 0 Å². The first-order chi connectivity index (χ1) is 14.9. The van der Waals surface area contributed by atoms with Crippen molar-refractivity contribution in [2.75, 3.05) is 4.90 Å². The third-order valence-electron chi connectivity index (χ3n) is 5.25. The molecule has 7 heteroatoms. The Labute approximate surface area is 186 Å². The predicted molar refractivity (Wildman–Crippen MR) is 117 cm³/mol. The van der Waals surface area contributed by atoms with E-state index < -0.39 is 35.4 Å². The number of nitrogens with zero attached hydrogens (tertiary/aromatic N) is 1.